The molecule has 1 saturated carbocycles. The van der Waals surface area contributed by atoms with Crippen molar-refractivity contribution in [1.82, 2.24) is 35.0 Å². The standard InChI is InChI=1S/C26H33N9O/c1-26(2,3)17-10-8-16(9-11-17)24(36)31-19-7-5-6-18(12-19)30-23-21-22(28-15-27-21)33-25(34-23)32-20-13-29-35(4)14-20/h8-11,13-15,18-19H,5-7,12H2,1-4H3,(H,31,36)(H3,27,28,30,32,33,34). The number of aryl methyl sites for hydroxylation is 1. The van der Waals surface area contributed by atoms with Gasteiger partial charge in [-0.1, -0.05) is 32.9 Å². The van der Waals surface area contributed by atoms with E-state index < -0.39 is 0 Å². The summed E-state index contributed by atoms with van der Waals surface area (Å²) in [6.07, 6.45) is 8.98. The van der Waals surface area contributed by atoms with Gasteiger partial charge >= 0.3 is 0 Å². The molecule has 0 spiro atoms. The van der Waals surface area contributed by atoms with Crippen LogP contribution in [0.1, 0.15) is 62.4 Å². The van der Waals surface area contributed by atoms with Crippen molar-refractivity contribution >= 4 is 34.5 Å². The molecule has 188 valence electrons. The molecule has 4 aromatic rings. The number of nitrogens with one attached hydrogen (secondary N) is 4. The lowest BCUT2D eigenvalue weighted by Crippen LogP contribution is -2.42. The van der Waals surface area contributed by atoms with Crippen molar-refractivity contribution in [3.8, 4) is 0 Å². The number of H-pyrrole nitrogens is 1. The summed E-state index contributed by atoms with van der Waals surface area (Å²) in [5.74, 6) is 1.12. The maximum absolute atomic E-state index is 12.9. The van der Waals surface area contributed by atoms with E-state index in [4.69, 9.17) is 4.98 Å². The normalized spacial score (nSPS) is 18.2. The van der Waals surface area contributed by atoms with Gasteiger partial charge in [0.1, 0.15) is 5.52 Å². The molecule has 0 saturated heterocycles. The van der Waals surface area contributed by atoms with Crippen LogP contribution in [-0.2, 0) is 12.5 Å². The number of benzene rings is 1. The summed E-state index contributed by atoms with van der Waals surface area (Å²) in [5, 5.41) is 14.2. The number of carbonyl (C=O) groups is 1. The number of anilines is 3. The Labute approximate surface area is 210 Å². The first-order valence-electron chi connectivity index (χ1n) is 12.4. The smallest absolute Gasteiger partial charge is 0.251 e. The molecule has 1 aliphatic rings. The Morgan fingerprint density at radius 2 is 1.89 bits per heavy atom. The minimum Gasteiger partial charge on any atom is -0.365 e. The second-order valence-corrected chi connectivity index (χ2v) is 10.5. The summed E-state index contributed by atoms with van der Waals surface area (Å²) in [5.41, 5.74) is 4.11. The Kier molecular flexibility index (Phi) is 6.34. The second kappa shape index (κ2) is 9.60. The third-order valence-electron chi connectivity index (χ3n) is 6.61. The van der Waals surface area contributed by atoms with Crippen LogP contribution in [0.4, 0.5) is 17.5 Å². The largest absolute Gasteiger partial charge is 0.365 e. The molecular weight excluding hydrogens is 454 g/mol. The molecular formula is C26H33N9O. The highest BCUT2D eigenvalue weighted by Gasteiger charge is 2.25. The zero-order valence-electron chi connectivity index (χ0n) is 21.2. The van der Waals surface area contributed by atoms with E-state index in [9.17, 15) is 4.79 Å². The molecule has 0 aliphatic heterocycles. The van der Waals surface area contributed by atoms with Crippen molar-refractivity contribution < 1.29 is 4.79 Å². The van der Waals surface area contributed by atoms with Crippen molar-refractivity contribution in [1.29, 1.82) is 0 Å². The lowest BCUT2D eigenvalue weighted by Gasteiger charge is -2.31. The average molecular weight is 488 g/mol. The third-order valence-corrected chi connectivity index (χ3v) is 6.61. The Bertz CT molecular complexity index is 1350. The van der Waals surface area contributed by atoms with E-state index in [1.807, 2.05) is 37.5 Å². The zero-order chi connectivity index (χ0) is 25.3. The summed E-state index contributed by atoms with van der Waals surface area (Å²) in [6.45, 7) is 6.51. The molecule has 2 atom stereocenters. The number of rotatable bonds is 6. The van der Waals surface area contributed by atoms with Crippen molar-refractivity contribution in [2.75, 3.05) is 10.6 Å². The first-order chi connectivity index (χ1) is 17.2. The maximum atomic E-state index is 12.9. The minimum absolute atomic E-state index is 0.0259. The van der Waals surface area contributed by atoms with Crippen molar-refractivity contribution in [2.45, 2.75) is 64.0 Å². The number of hydrogen-bond acceptors (Lipinski definition) is 7. The van der Waals surface area contributed by atoms with E-state index in [0.717, 1.165) is 36.9 Å². The van der Waals surface area contributed by atoms with Gasteiger partial charge in [-0.05, 0) is 48.8 Å². The SMILES string of the molecule is Cn1cc(Nc2nc(NC3CCCC(NC(=O)c4ccc(C(C)(C)C)cc4)C3)c3[nH]cnc3n2)cn1. The summed E-state index contributed by atoms with van der Waals surface area (Å²) < 4.78 is 1.71. The third kappa shape index (κ3) is 5.32. The topological polar surface area (TPSA) is 125 Å². The van der Waals surface area contributed by atoms with Crippen molar-refractivity contribution in [2.24, 2.45) is 7.05 Å². The van der Waals surface area contributed by atoms with Crippen LogP contribution in [0.15, 0.2) is 43.0 Å². The monoisotopic (exact) mass is 487 g/mol. The molecule has 36 heavy (non-hydrogen) atoms. The molecule has 5 rings (SSSR count). The number of hydrogen-bond donors (Lipinski definition) is 4. The average Bonchev–Trinajstić information content (AvgIpc) is 3.48. The predicted molar refractivity (Wildman–Crippen MR) is 140 cm³/mol. The fourth-order valence-corrected chi connectivity index (χ4v) is 4.64. The first kappa shape index (κ1) is 23.8. The van der Waals surface area contributed by atoms with Crippen LogP contribution in [0, 0.1) is 0 Å². The molecule has 1 amide bonds. The molecule has 1 aromatic carbocycles. The summed E-state index contributed by atoms with van der Waals surface area (Å²) >= 11 is 0. The van der Waals surface area contributed by atoms with E-state index in [1.165, 1.54) is 5.56 Å². The Morgan fingerprint density at radius 3 is 2.61 bits per heavy atom. The number of nitrogens with zero attached hydrogens (tertiary/aromatic N) is 5. The van der Waals surface area contributed by atoms with E-state index in [-0.39, 0.29) is 23.4 Å². The van der Waals surface area contributed by atoms with Crippen LogP contribution in [0.5, 0.6) is 0 Å². The quantitative estimate of drug-likeness (QED) is 0.320. The van der Waals surface area contributed by atoms with Crippen LogP contribution in [0.3, 0.4) is 0 Å². The van der Waals surface area contributed by atoms with Crippen molar-refractivity contribution in [3.05, 3.63) is 54.1 Å². The second-order valence-electron chi connectivity index (χ2n) is 10.5. The zero-order valence-corrected chi connectivity index (χ0v) is 21.2. The highest BCUT2D eigenvalue weighted by atomic mass is 16.1. The fraction of sp³-hybridized carbons (Fsp3) is 0.423. The van der Waals surface area contributed by atoms with Gasteiger partial charge < -0.3 is 20.9 Å². The summed E-state index contributed by atoms with van der Waals surface area (Å²) in [4.78, 5) is 29.6. The molecule has 10 heteroatoms. The van der Waals surface area contributed by atoms with Gasteiger partial charge in [0.15, 0.2) is 11.5 Å². The van der Waals surface area contributed by atoms with Gasteiger partial charge in [-0.15, -0.1) is 0 Å². The molecule has 0 bridgehead atoms. The number of aromatic nitrogens is 6. The Balaban J connectivity index is 1.26. The number of fused-ring (bicyclic) bond motifs is 1. The summed E-state index contributed by atoms with van der Waals surface area (Å²) in [7, 11) is 1.86. The number of amides is 1. The van der Waals surface area contributed by atoms with Gasteiger partial charge in [-0.3, -0.25) is 9.48 Å². The van der Waals surface area contributed by atoms with Crippen LogP contribution < -0.4 is 16.0 Å². The molecule has 4 N–H and O–H groups in total. The van der Waals surface area contributed by atoms with Crippen LogP contribution in [-0.4, -0.2) is 47.7 Å². The van der Waals surface area contributed by atoms with Gasteiger partial charge in [0, 0.05) is 30.9 Å². The van der Waals surface area contributed by atoms with Crippen LogP contribution in [0.2, 0.25) is 0 Å². The highest BCUT2D eigenvalue weighted by molar-refractivity contribution is 5.94. The first-order valence-corrected chi connectivity index (χ1v) is 12.4. The molecule has 1 fully saturated rings. The van der Waals surface area contributed by atoms with Gasteiger partial charge in [-0.2, -0.15) is 15.1 Å². The fourth-order valence-electron chi connectivity index (χ4n) is 4.64. The van der Waals surface area contributed by atoms with Gasteiger partial charge in [0.05, 0.1) is 18.2 Å². The number of carbonyl (C=O) groups excluding carboxylic acids is 1. The predicted octanol–water partition coefficient (Wildman–Crippen LogP) is 4.28. The van der Waals surface area contributed by atoms with Crippen LogP contribution in [0.25, 0.3) is 11.2 Å². The molecule has 3 aromatic heterocycles. The van der Waals surface area contributed by atoms with E-state index in [0.29, 0.717) is 23.0 Å². The van der Waals surface area contributed by atoms with Gasteiger partial charge in [-0.25, -0.2) is 4.98 Å². The minimum atomic E-state index is -0.0259. The highest BCUT2D eigenvalue weighted by Crippen LogP contribution is 2.27. The molecule has 3 heterocycles. The van der Waals surface area contributed by atoms with Crippen LogP contribution >= 0.6 is 0 Å². The lowest BCUT2D eigenvalue weighted by molar-refractivity contribution is 0.0926. The van der Waals surface area contributed by atoms with E-state index >= 15 is 0 Å². The Morgan fingerprint density at radius 1 is 1.11 bits per heavy atom. The van der Waals surface area contributed by atoms with E-state index in [1.54, 1.807) is 17.2 Å². The van der Waals surface area contributed by atoms with Gasteiger partial charge in [0.2, 0.25) is 5.95 Å². The molecule has 10 nitrogen and oxygen atoms in total. The maximum Gasteiger partial charge on any atom is 0.251 e. The van der Waals surface area contributed by atoms with E-state index in [2.05, 4.69) is 56.8 Å². The van der Waals surface area contributed by atoms with Crippen molar-refractivity contribution in [3.63, 3.8) is 0 Å². The van der Waals surface area contributed by atoms with Gasteiger partial charge in [0.25, 0.3) is 5.91 Å². The summed E-state index contributed by atoms with van der Waals surface area (Å²) in [6, 6.07) is 8.19. The molecule has 1 aliphatic carbocycles. The lowest BCUT2D eigenvalue weighted by atomic mass is 9.86. The molecule has 2 unspecified atom stereocenters. The molecule has 0 radical (unpaired) electrons. The number of imidazole rings is 1. The Hall–Kier alpha value is -3.95. The number of aromatic amines is 1.